The number of fused-ring (bicyclic) bond motifs is 1. The molecule has 5 nitrogen and oxygen atoms in total. The van der Waals surface area contributed by atoms with E-state index in [0.717, 1.165) is 30.0 Å². The number of carbonyl (C=O) groups excluding carboxylic acids is 2. The summed E-state index contributed by atoms with van der Waals surface area (Å²) >= 11 is 0. The van der Waals surface area contributed by atoms with Crippen molar-refractivity contribution in [3.63, 3.8) is 0 Å². The lowest BCUT2D eigenvalue weighted by atomic mass is 9.68. The molecule has 1 aliphatic carbocycles. The summed E-state index contributed by atoms with van der Waals surface area (Å²) in [5.41, 5.74) is 1.83. The highest BCUT2D eigenvalue weighted by atomic mass is 19.1. The molecule has 0 N–H and O–H groups in total. The molecule has 2 aliphatic rings. The summed E-state index contributed by atoms with van der Waals surface area (Å²) in [6, 6.07) is 7.13. The van der Waals surface area contributed by atoms with Gasteiger partial charge in [0, 0.05) is 16.6 Å². The van der Waals surface area contributed by atoms with Crippen molar-refractivity contribution in [1.29, 1.82) is 0 Å². The summed E-state index contributed by atoms with van der Waals surface area (Å²) in [7, 11) is 0. The zero-order valence-electron chi connectivity index (χ0n) is 14.9. The molecule has 1 saturated heterocycles. The average Bonchev–Trinajstić information content (AvgIpc) is 3.26. The second kappa shape index (κ2) is 6.68. The molecule has 1 aliphatic heterocycles. The van der Waals surface area contributed by atoms with Crippen molar-refractivity contribution < 1.29 is 27.9 Å². The van der Waals surface area contributed by atoms with Crippen molar-refractivity contribution in [3.8, 4) is 0 Å². The Hall–Kier alpha value is -2.89. The lowest BCUT2D eigenvalue weighted by molar-refractivity contribution is -0.140. The number of cyclic esters (lactones) is 1. The van der Waals surface area contributed by atoms with Gasteiger partial charge in [-0.3, -0.25) is 0 Å². The molecule has 4 rings (SSSR count). The molecule has 0 amide bonds. The Morgan fingerprint density at radius 1 is 1.37 bits per heavy atom. The molecule has 2 heterocycles. The number of hydrogen-bond acceptors (Lipinski definition) is 5. The maximum absolute atomic E-state index is 13.3. The van der Waals surface area contributed by atoms with Crippen molar-refractivity contribution in [1.82, 2.24) is 0 Å². The van der Waals surface area contributed by atoms with Gasteiger partial charge < -0.3 is 13.9 Å². The Morgan fingerprint density at radius 3 is 2.96 bits per heavy atom. The smallest absolute Gasteiger partial charge is 0.338 e. The van der Waals surface area contributed by atoms with Crippen LogP contribution in [0.4, 0.5) is 4.39 Å². The molecule has 1 aromatic carbocycles. The highest BCUT2D eigenvalue weighted by molar-refractivity contribution is 5.94. The predicted molar refractivity (Wildman–Crippen MR) is 93.2 cm³/mol. The molecule has 0 spiro atoms. The van der Waals surface area contributed by atoms with E-state index in [4.69, 9.17) is 13.9 Å². The van der Waals surface area contributed by atoms with Crippen LogP contribution in [0.5, 0.6) is 0 Å². The van der Waals surface area contributed by atoms with Crippen LogP contribution in [0.2, 0.25) is 0 Å². The van der Waals surface area contributed by atoms with Gasteiger partial charge in [-0.2, -0.15) is 0 Å². The summed E-state index contributed by atoms with van der Waals surface area (Å²) in [4.78, 5) is 24.8. The fourth-order valence-electron chi connectivity index (χ4n) is 4.11. The van der Waals surface area contributed by atoms with Crippen molar-refractivity contribution in [2.24, 2.45) is 5.41 Å². The summed E-state index contributed by atoms with van der Waals surface area (Å²) in [5.74, 6) is -1.49. The fraction of sp³-hybridized carbons (Fsp3) is 0.333. The lowest BCUT2D eigenvalue weighted by Gasteiger charge is -2.33. The van der Waals surface area contributed by atoms with Crippen LogP contribution < -0.4 is 0 Å². The van der Waals surface area contributed by atoms with Gasteiger partial charge in [-0.15, -0.1) is 0 Å². The van der Waals surface area contributed by atoms with Crippen molar-refractivity contribution in [2.45, 2.75) is 32.3 Å². The molecule has 0 bridgehead atoms. The van der Waals surface area contributed by atoms with E-state index in [1.165, 1.54) is 18.2 Å². The number of rotatable bonds is 4. The topological polar surface area (TPSA) is 65.7 Å². The van der Waals surface area contributed by atoms with Crippen LogP contribution in [-0.2, 0) is 14.3 Å². The van der Waals surface area contributed by atoms with E-state index in [1.807, 2.05) is 6.92 Å². The number of benzene rings is 1. The lowest BCUT2D eigenvalue weighted by Crippen LogP contribution is -2.28. The first-order valence-corrected chi connectivity index (χ1v) is 8.87. The van der Waals surface area contributed by atoms with Gasteiger partial charge in [-0.05, 0) is 49.1 Å². The molecular weight excluding hydrogens is 351 g/mol. The Balaban J connectivity index is 1.58. The average molecular weight is 370 g/mol. The third-order valence-corrected chi connectivity index (χ3v) is 5.39. The van der Waals surface area contributed by atoms with Crippen LogP contribution >= 0.6 is 0 Å². The number of ether oxygens (including phenoxy) is 2. The maximum Gasteiger partial charge on any atom is 0.338 e. The van der Waals surface area contributed by atoms with Gasteiger partial charge in [0.15, 0.2) is 0 Å². The van der Waals surface area contributed by atoms with Gasteiger partial charge >= 0.3 is 11.9 Å². The summed E-state index contributed by atoms with van der Waals surface area (Å²) < 4.78 is 29.4. The third-order valence-electron chi connectivity index (χ3n) is 5.39. The van der Waals surface area contributed by atoms with Crippen LogP contribution in [0.25, 0.3) is 0 Å². The van der Waals surface area contributed by atoms with E-state index in [2.05, 4.69) is 0 Å². The number of furan rings is 1. The van der Waals surface area contributed by atoms with Gasteiger partial charge in [0.05, 0.1) is 18.1 Å². The van der Waals surface area contributed by atoms with Crippen LogP contribution in [0.3, 0.4) is 0 Å². The minimum absolute atomic E-state index is 0.00647. The molecule has 2 atom stereocenters. The Morgan fingerprint density at radius 2 is 2.22 bits per heavy atom. The molecule has 27 heavy (non-hydrogen) atoms. The zero-order chi connectivity index (χ0) is 19.0. The normalized spacial score (nSPS) is 24.5. The van der Waals surface area contributed by atoms with Crippen LogP contribution in [-0.4, -0.2) is 18.5 Å². The molecule has 2 aromatic rings. The summed E-state index contributed by atoms with van der Waals surface area (Å²) in [5, 5.41) is 0. The Kier molecular flexibility index (Phi) is 4.34. The van der Waals surface area contributed by atoms with E-state index in [0.29, 0.717) is 12.0 Å². The Labute approximate surface area is 155 Å². The van der Waals surface area contributed by atoms with Crippen LogP contribution in [0.15, 0.2) is 58.4 Å². The first-order valence-electron chi connectivity index (χ1n) is 8.87. The monoisotopic (exact) mass is 370 g/mol. The van der Waals surface area contributed by atoms with Gasteiger partial charge in [0.2, 0.25) is 0 Å². The van der Waals surface area contributed by atoms with E-state index in [9.17, 15) is 14.0 Å². The third kappa shape index (κ3) is 3.05. The number of hydrogen-bond donors (Lipinski definition) is 0. The molecule has 0 unspecified atom stereocenters. The quantitative estimate of drug-likeness (QED) is 0.748. The molecule has 140 valence electrons. The van der Waals surface area contributed by atoms with Gasteiger partial charge in [0.1, 0.15) is 18.5 Å². The molecule has 6 heteroatoms. The molecule has 1 fully saturated rings. The number of esters is 2. The second-order valence-corrected chi connectivity index (χ2v) is 7.18. The first-order chi connectivity index (χ1) is 13.0. The first kappa shape index (κ1) is 17.5. The maximum atomic E-state index is 13.3. The van der Waals surface area contributed by atoms with Gasteiger partial charge in [0.25, 0.3) is 0 Å². The molecule has 0 radical (unpaired) electrons. The zero-order valence-corrected chi connectivity index (χ0v) is 14.9. The van der Waals surface area contributed by atoms with E-state index >= 15 is 0 Å². The number of halogens is 1. The molecular formula is C21H19FO5. The largest absolute Gasteiger partial charge is 0.472 e. The Bertz CT molecular complexity index is 914. The van der Waals surface area contributed by atoms with Gasteiger partial charge in [-0.1, -0.05) is 13.0 Å². The minimum Gasteiger partial charge on any atom is -0.472 e. The van der Waals surface area contributed by atoms with Crippen molar-refractivity contribution in [3.05, 3.63) is 70.9 Å². The molecule has 1 aromatic heterocycles. The highest BCUT2D eigenvalue weighted by Gasteiger charge is 2.53. The predicted octanol–water partition coefficient (Wildman–Crippen LogP) is 4.36. The fourth-order valence-corrected chi connectivity index (χ4v) is 4.11. The summed E-state index contributed by atoms with van der Waals surface area (Å²) in [6.45, 7) is 1.99. The van der Waals surface area contributed by atoms with Crippen LogP contribution in [0.1, 0.15) is 48.2 Å². The standard InChI is InChI=1S/C21H19FO5/c1-21-8-3-5-14(12-26-19(23)13-4-2-6-16(22)10-13)17(21)20(24)27-18(21)15-7-9-25-11-15/h2,4,6-7,9-11,18H,3,5,8,12H2,1H3/t18-,21+/m0/s1. The van der Waals surface area contributed by atoms with Crippen LogP contribution in [0, 0.1) is 11.2 Å². The van der Waals surface area contributed by atoms with E-state index in [-0.39, 0.29) is 18.1 Å². The minimum atomic E-state index is -0.618. The van der Waals surface area contributed by atoms with Crippen molar-refractivity contribution in [2.75, 3.05) is 6.61 Å². The summed E-state index contributed by atoms with van der Waals surface area (Å²) in [6.07, 6.45) is 5.05. The van der Waals surface area contributed by atoms with E-state index < -0.39 is 23.3 Å². The second-order valence-electron chi connectivity index (χ2n) is 7.18. The SMILES string of the molecule is C[C@@]12CCCC(COC(=O)c3cccc(F)c3)=C1C(=O)O[C@H]2c1ccoc1. The number of carbonyl (C=O) groups is 2. The molecule has 0 saturated carbocycles. The highest BCUT2D eigenvalue weighted by Crippen LogP contribution is 2.55. The van der Waals surface area contributed by atoms with E-state index in [1.54, 1.807) is 18.6 Å². The van der Waals surface area contributed by atoms with Gasteiger partial charge in [-0.25, -0.2) is 14.0 Å². The van der Waals surface area contributed by atoms with Crippen molar-refractivity contribution >= 4 is 11.9 Å².